The van der Waals surface area contributed by atoms with Crippen LogP contribution in [0, 0.1) is 0 Å². The number of ether oxygens (including phenoxy) is 1. The number of carbonyl (C=O) groups is 1. The van der Waals surface area contributed by atoms with Gasteiger partial charge in [-0.25, -0.2) is 13.1 Å². The van der Waals surface area contributed by atoms with E-state index in [1.54, 1.807) is 12.1 Å². The molecule has 0 atom stereocenters. The van der Waals surface area contributed by atoms with Gasteiger partial charge in [0.2, 0.25) is 10.0 Å². The van der Waals surface area contributed by atoms with Gasteiger partial charge in [0.05, 0.1) is 17.4 Å². The third kappa shape index (κ3) is 4.44. The zero-order valence-electron chi connectivity index (χ0n) is 13.1. The lowest BCUT2D eigenvalue weighted by Gasteiger charge is -2.13. The van der Waals surface area contributed by atoms with Crippen LogP contribution in [0.2, 0.25) is 0 Å². The third-order valence-corrected chi connectivity index (χ3v) is 5.44. The molecule has 1 saturated carbocycles. The van der Waals surface area contributed by atoms with Crippen molar-refractivity contribution in [2.75, 3.05) is 20.2 Å². The molecule has 0 bridgehead atoms. The average molecular weight is 363 g/mol. The first-order valence-corrected chi connectivity index (χ1v) is 8.83. The topological polar surface area (TPSA) is 98.5 Å². The second-order valence-corrected chi connectivity index (χ2v) is 7.26. The Balaban J connectivity index is 0.00000264. The predicted octanol–water partition coefficient (Wildman–Crippen LogP) is 1.33. The molecule has 0 unspecified atom stereocenters. The number of halogens is 1. The van der Waals surface area contributed by atoms with Crippen LogP contribution in [0.5, 0.6) is 0 Å². The molecule has 23 heavy (non-hydrogen) atoms. The van der Waals surface area contributed by atoms with Gasteiger partial charge < -0.3 is 10.5 Å². The van der Waals surface area contributed by atoms with Gasteiger partial charge in [-0.05, 0) is 49.9 Å². The number of hydrogen-bond acceptors (Lipinski definition) is 5. The molecule has 8 heteroatoms. The molecule has 0 radical (unpaired) electrons. The summed E-state index contributed by atoms with van der Waals surface area (Å²) in [5.74, 6) is -0.261. The molecule has 1 aliphatic rings. The maximum Gasteiger partial charge on any atom is 0.316 e. The molecule has 0 saturated heterocycles. The number of methoxy groups -OCH3 is 1. The van der Waals surface area contributed by atoms with Gasteiger partial charge in [-0.3, -0.25) is 4.79 Å². The number of esters is 1. The van der Waals surface area contributed by atoms with E-state index in [0.717, 1.165) is 24.8 Å². The number of unbranched alkanes of at least 4 members (excludes halogenated alkanes) is 1. The normalized spacial score (nSPS) is 15.6. The number of benzene rings is 1. The minimum Gasteiger partial charge on any atom is -0.468 e. The van der Waals surface area contributed by atoms with Crippen molar-refractivity contribution in [2.45, 2.75) is 36.0 Å². The standard InChI is InChI=1S/C15H22N2O4S.ClH/c1-21-14(18)15(8-9-15)12-4-6-13(7-5-12)22(19,20)17-11-3-2-10-16;/h4-7,17H,2-3,8-11,16H2,1H3;1H. The highest BCUT2D eigenvalue weighted by atomic mass is 35.5. The summed E-state index contributed by atoms with van der Waals surface area (Å²) in [5, 5.41) is 0. The second-order valence-electron chi connectivity index (χ2n) is 5.49. The zero-order valence-corrected chi connectivity index (χ0v) is 14.7. The molecule has 0 aromatic heterocycles. The first-order chi connectivity index (χ1) is 10.5. The van der Waals surface area contributed by atoms with Gasteiger partial charge in [-0.1, -0.05) is 12.1 Å². The van der Waals surface area contributed by atoms with Gasteiger partial charge in [-0.15, -0.1) is 12.4 Å². The van der Waals surface area contributed by atoms with E-state index >= 15 is 0 Å². The summed E-state index contributed by atoms with van der Waals surface area (Å²) in [4.78, 5) is 12.0. The largest absolute Gasteiger partial charge is 0.468 e. The van der Waals surface area contributed by atoms with Crippen LogP contribution in [0.25, 0.3) is 0 Å². The molecule has 1 fully saturated rings. The SMILES string of the molecule is COC(=O)C1(c2ccc(S(=O)(=O)NCCCCN)cc2)CC1.Cl. The smallest absolute Gasteiger partial charge is 0.316 e. The molecule has 0 aliphatic heterocycles. The van der Waals surface area contributed by atoms with Crippen molar-refractivity contribution in [3.8, 4) is 0 Å². The quantitative estimate of drug-likeness (QED) is 0.537. The maximum absolute atomic E-state index is 12.1. The Labute approximate surface area is 143 Å². The van der Waals surface area contributed by atoms with Gasteiger partial charge >= 0.3 is 5.97 Å². The zero-order chi connectivity index (χ0) is 16.2. The summed E-state index contributed by atoms with van der Waals surface area (Å²) in [7, 11) is -2.15. The van der Waals surface area contributed by atoms with Crippen molar-refractivity contribution < 1.29 is 17.9 Å². The van der Waals surface area contributed by atoms with E-state index in [1.807, 2.05) is 0 Å². The van der Waals surface area contributed by atoms with E-state index in [4.69, 9.17) is 10.5 Å². The van der Waals surface area contributed by atoms with Gasteiger partial charge in [0.25, 0.3) is 0 Å². The highest BCUT2D eigenvalue weighted by Gasteiger charge is 2.52. The molecular weight excluding hydrogens is 340 g/mol. The van der Waals surface area contributed by atoms with E-state index in [-0.39, 0.29) is 23.3 Å². The number of hydrogen-bond donors (Lipinski definition) is 2. The fourth-order valence-corrected chi connectivity index (χ4v) is 3.52. The fourth-order valence-electron chi connectivity index (χ4n) is 2.44. The van der Waals surface area contributed by atoms with E-state index in [0.29, 0.717) is 19.5 Å². The van der Waals surface area contributed by atoms with Crippen molar-refractivity contribution >= 4 is 28.4 Å². The Morgan fingerprint density at radius 3 is 2.35 bits per heavy atom. The summed E-state index contributed by atoms with van der Waals surface area (Å²) in [6.45, 7) is 0.916. The summed E-state index contributed by atoms with van der Waals surface area (Å²) < 4.78 is 31.6. The van der Waals surface area contributed by atoms with Crippen molar-refractivity contribution in [2.24, 2.45) is 5.73 Å². The Morgan fingerprint density at radius 1 is 1.26 bits per heavy atom. The van der Waals surface area contributed by atoms with Crippen LogP contribution >= 0.6 is 12.4 Å². The van der Waals surface area contributed by atoms with Crippen LogP contribution in [0.1, 0.15) is 31.2 Å². The van der Waals surface area contributed by atoms with Crippen LogP contribution in [-0.4, -0.2) is 34.6 Å². The monoisotopic (exact) mass is 362 g/mol. The minimum absolute atomic E-state index is 0. The number of nitrogens with two attached hydrogens (primary N) is 1. The molecule has 6 nitrogen and oxygen atoms in total. The first-order valence-electron chi connectivity index (χ1n) is 7.35. The first kappa shape index (κ1) is 19.9. The Bertz CT molecular complexity index is 627. The fraction of sp³-hybridized carbons (Fsp3) is 0.533. The van der Waals surface area contributed by atoms with E-state index < -0.39 is 15.4 Å². The Hall–Kier alpha value is -1.15. The van der Waals surface area contributed by atoms with Crippen molar-refractivity contribution in [1.82, 2.24) is 4.72 Å². The van der Waals surface area contributed by atoms with Crippen molar-refractivity contribution in [3.63, 3.8) is 0 Å². The van der Waals surface area contributed by atoms with Gasteiger partial charge in [0.1, 0.15) is 0 Å². The van der Waals surface area contributed by atoms with E-state index in [1.165, 1.54) is 19.2 Å². The molecule has 2 rings (SSSR count). The molecule has 130 valence electrons. The number of nitrogens with one attached hydrogen (secondary N) is 1. The molecular formula is C15H23ClN2O4S. The number of sulfonamides is 1. The molecule has 3 N–H and O–H groups in total. The van der Waals surface area contributed by atoms with Crippen molar-refractivity contribution in [3.05, 3.63) is 29.8 Å². The highest BCUT2D eigenvalue weighted by Crippen LogP contribution is 2.49. The van der Waals surface area contributed by atoms with Gasteiger partial charge in [-0.2, -0.15) is 0 Å². The number of rotatable bonds is 8. The van der Waals surface area contributed by atoms with Crippen LogP contribution < -0.4 is 10.5 Å². The lowest BCUT2D eigenvalue weighted by molar-refractivity contribution is -0.143. The van der Waals surface area contributed by atoms with Crippen LogP contribution in [-0.2, 0) is 25.0 Å². The van der Waals surface area contributed by atoms with E-state index in [2.05, 4.69) is 4.72 Å². The molecule has 0 spiro atoms. The lowest BCUT2D eigenvalue weighted by Crippen LogP contribution is -2.25. The summed E-state index contributed by atoms with van der Waals surface area (Å²) in [6, 6.07) is 6.45. The molecule has 1 aromatic rings. The summed E-state index contributed by atoms with van der Waals surface area (Å²) in [6.07, 6.45) is 2.97. The molecule has 0 heterocycles. The molecule has 1 aromatic carbocycles. The summed E-state index contributed by atoms with van der Waals surface area (Å²) in [5.41, 5.74) is 5.60. The van der Waals surface area contributed by atoms with Gasteiger partial charge in [0, 0.05) is 6.54 Å². The third-order valence-electron chi connectivity index (χ3n) is 3.97. The Morgan fingerprint density at radius 2 is 1.87 bits per heavy atom. The number of carbonyl (C=O) groups excluding carboxylic acids is 1. The Kier molecular flexibility index (Phi) is 7.01. The van der Waals surface area contributed by atoms with Crippen LogP contribution in [0.4, 0.5) is 0 Å². The predicted molar refractivity (Wildman–Crippen MR) is 90.1 cm³/mol. The second kappa shape index (κ2) is 8.10. The average Bonchev–Trinajstić information content (AvgIpc) is 3.33. The van der Waals surface area contributed by atoms with Crippen molar-refractivity contribution in [1.29, 1.82) is 0 Å². The maximum atomic E-state index is 12.1. The highest BCUT2D eigenvalue weighted by molar-refractivity contribution is 7.89. The summed E-state index contributed by atoms with van der Waals surface area (Å²) >= 11 is 0. The minimum atomic E-state index is -3.52. The van der Waals surface area contributed by atoms with Crippen LogP contribution in [0.15, 0.2) is 29.2 Å². The van der Waals surface area contributed by atoms with Crippen LogP contribution in [0.3, 0.4) is 0 Å². The molecule has 1 aliphatic carbocycles. The van der Waals surface area contributed by atoms with Gasteiger partial charge in [0.15, 0.2) is 0 Å². The molecule has 0 amide bonds. The lowest BCUT2D eigenvalue weighted by atomic mass is 9.96. The van der Waals surface area contributed by atoms with E-state index in [9.17, 15) is 13.2 Å².